The topological polar surface area (TPSA) is 89.6 Å². The van der Waals surface area contributed by atoms with Gasteiger partial charge in [-0.05, 0) is 31.5 Å². The Morgan fingerprint density at radius 3 is 2.62 bits per heavy atom. The fourth-order valence-electron chi connectivity index (χ4n) is 1.15. The van der Waals surface area contributed by atoms with Crippen molar-refractivity contribution in [2.45, 2.75) is 20.0 Å². The van der Waals surface area contributed by atoms with Crippen molar-refractivity contribution in [2.24, 2.45) is 0 Å². The molecule has 0 aliphatic carbocycles. The third kappa shape index (κ3) is 2.50. The standard InChI is InChI=1S/C11H13NO4/c1-6-8(4-3-5-9(6)12)11(15)16-7(2)10(13)14/h3-5,7H,12H2,1-2H3,(H,13,14). The molecule has 0 bridgehead atoms. The van der Waals surface area contributed by atoms with Crippen LogP contribution in [0.1, 0.15) is 22.8 Å². The molecule has 3 N–H and O–H groups in total. The van der Waals surface area contributed by atoms with E-state index in [0.717, 1.165) is 0 Å². The summed E-state index contributed by atoms with van der Waals surface area (Å²) in [6.45, 7) is 2.97. The number of nitrogens with two attached hydrogens (primary N) is 1. The molecule has 0 aliphatic heterocycles. The molecule has 0 aliphatic rings. The summed E-state index contributed by atoms with van der Waals surface area (Å²) in [4.78, 5) is 22.1. The molecule has 0 saturated carbocycles. The summed E-state index contributed by atoms with van der Waals surface area (Å²) in [6.07, 6.45) is -1.17. The van der Waals surface area contributed by atoms with Gasteiger partial charge in [0.05, 0.1) is 5.56 Å². The summed E-state index contributed by atoms with van der Waals surface area (Å²) in [6, 6.07) is 4.82. The number of carbonyl (C=O) groups is 2. The van der Waals surface area contributed by atoms with Crippen molar-refractivity contribution in [1.82, 2.24) is 0 Å². The summed E-state index contributed by atoms with van der Waals surface area (Å²) in [5, 5.41) is 8.60. The van der Waals surface area contributed by atoms with E-state index in [9.17, 15) is 9.59 Å². The van der Waals surface area contributed by atoms with E-state index < -0.39 is 18.0 Å². The van der Waals surface area contributed by atoms with Gasteiger partial charge in [-0.15, -0.1) is 0 Å². The molecular weight excluding hydrogens is 210 g/mol. The van der Waals surface area contributed by atoms with Crippen LogP contribution >= 0.6 is 0 Å². The first kappa shape index (κ1) is 12.0. The average Bonchev–Trinajstić information content (AvgIpc) is 2.21. The molecule has 1 unspecified atom stereocenters. The van der Waals surface area contributed by atoms with E-state index in [1.807, 2.05) is 0 Å². The van der Waals surface area contributed by atoms with Gasteiger partial charge in [0.15, 0.2) is 6.10 Å². The van der Waals surface area contributed by atoms with Crippen LogP contribution in [0, 0.1) is 6.92 Å². The predicted octanol–water partition coefficient (Wildman–Crippen LogP) is 1.21. The zero-order valence-electron chi connectivity index (χ0n) is 9.06. The summed E-state index contributed by atoms with van der Waals surface area (Å²) in [7, 11) is 0. The molecule has 0 radical (unpaired) electrons. The van der Waals surface area contributed by atoms with Crippen molar-refractivity contribution in [2.75, 3.05) is 5.73 Å². The van der Waals surface area contributed by atoms with E-state index in [4.69, 9.17) is 15.6 Å². The minimum Gasteiger partial charge on any atom is -0.479 e. The maximum atomic E-state index is 11.6. The van der Waals surface area contributed by atoms with Crippen molar-refractivity contribution in [3.05, 3.63) is 29.3 Å². The summed E-state index contributed by atoms with van der Waals surface area (Å²) >= 11 is 0. The monoisotopic (exact) mass is 223 g/mol. The lowest BCUT2D eigenvalue weighted by atomic mass is 10.1. The van der Waals surface area contributed by atoms with Crippen LogP contribution in [0.25, 0.3) is 0 Å². The predicted molar refractivity (Wildman–Crippen MR) is 58.1 cm³/mol. The highest BCUT2D eigenvalue weighted by Gasteiger charge is 2.19. The Balaban J connectivity index is 2.89. The van der Waals surface area contributed by atoms with Gasteiger partial charge in [0, 0.05) is 5.69 Å². The maximum absolute atomic E-state index is 11.6. The Kier molecular flexibility index (Phi) is 3.50. The second-order valence-electron chi connectivity index (χ2n) is 3.41. The molecule has 1 aromatic carbocycles. The minimum atomic E-state index is -1.19. The Morgan fingerprint density at radius 1 is 1.44 bits per heavy atom. The number of carboxylic acids is 1. The van der Waals surface area contributed by atoms with Gasteiger partial charge in [-0.3, -0.25) is 0 Å². The number of benzene rings is 1. The highest BCUT2D eigenvalue weighted by Crippen LogP contribution is 2.16. The highest BCUT2D eigenvalue weighted by atomic mass is 16.6. The van der Waals surface area contributed by atoms with E-state index in [1.165, 1.54) is 6.92 Å². The minimum absolute atomic E-state index is 0.285. The molecule has 5 nitrogen and oxygen atoms in total. The Morgan fingerprint density at radius 2 is 2.06 bits per heavy atom. The number of rotatable bonds is 3. The smallest absolute Gasteiger partial charge is 0.344 e. The number of anilines is 1. The summed E-state index contributed by atoms with van der Waals surface area (Å²) in [5.74, 6) is -1.87. The van der Waals surface area contributed by atoms with Gasteiger partial charge >= 0.3 is 11.9 Å². The SMILES string of the molecule is Cc1c(N)cccc1C(=O)OC(C)C(=O)O. The van der Waals surface area contributed by atoms with Gasteiger partial charge in [0.25, 0.3) is 0 Å². The van der Waals surface area contributed by atoms with Crippen LogP contribution in [-0.4, -0.2) is 23.1 Å². The van der Waals surface area contributed by atoms with Gasteiger partial charge in [-0.1, -0.05) is 6.07 Å². The van der Waals surface area contributed by atoms with Crippen LogP contribution in [0.3, 0.4) is 0 Å². The molecule has 0 saturated heterocycles. The van der Waals surface area contributed by atoms with Gasteiger partial charge in [-0.25, -0.2) is 9.59 Å². The van der Waals surface area contributed by atoms with Crippen LogP contribution in [0.15, 0.2) is 18.2 Å². The second-order valence-corrected chi connectivity index (χ2v) is 3.41. The number of hydrogen-bond donors (Lipinski definition) is 2. The van der Waals surface area contributed by atoms with Crippen LogP contribution in [0.4, 0.5) is 5.69 Å². The van der Waals surface area contributed by atoms with E-state index >= 15 is 0 Å². The quantitative estimate of drug-likeness (QED) is 0.593. The van der Waals surface area contributed by atoms with Gasteiger partial charge < -0.3 is 15.6 Å². The number of esters is 1. The molecule has 16 heavy (non-hydrogen) atoms. The molecule has 1 aromatic rings. The van der Waals surface area contributed by atoms with Crippen molar-refractivity contribution in [3.8, 4) is 0 Å². The molecule has 0 spiro atoms. The van der Waals surface area contributed by atoms with Crippen LogP contribution in [0.2, 0.25) is 0 Å². The number of carboxylic acid groups (broad SMARTS) is 1. The van der Waals surface area contributed by atoms with Crippen molar-refractivity contribution in [1.29, 1.82) is 0 Å². The largest absolute Gasteiger partial charge is 0.479 e. The van der Waals surface area contributed by atoms with E-state index in [2.05, 4.69) is 0 Å². The molecule has 86 valence electrons. The fraction of sp³-hybridized carbons (Fsp3) is 0.273. The van der Waals surface area contributed by atoms with E-state index in [1.54, 1.807) is 25.1 Å². The molecule has 0 fully saturated rings. The number of carbonyl (C=O) groups excluding carboxylic acids is 1. The summed E-state index contributed by atoms with van der Waals surface area (Å²) < 4.78 is 4.74. The number of hydrogen-bond acceptors (Lipinski definition) is 4. The summed E-state index contributed by atoms with van der Waals surface area (Å²) in [5.41, 5.74) is 6.97. The zero-order chi connectivity index (χ0) is 12.3. The normalized spacial score (nSPS) is 11.9. The number of aliphatic carboxylic acids is 1. The average molecular weight is 223 g/mol. The first-order chi connectivity index (χ1) is 7.43. The van der Waals surface area contributed by atoms with Gasteiger partial charge in [-0.2, -0.15) is 0 Å². The van der Waals surface area contributed by atoms with Crippen molar-refractivity contribution < 1.29 is 19.4 Å². The second kappa shape index (κ2) is 4.65. The Bertz CT molecular complexity index is 428. The third-order valence-electron chi connectivity index (χ3n) is 2.23. The van der Waals surface area contributed by atoms with Gasteiger partial charge in [0.2, 0.25) is 0 Å². The molecule has 5 heteroatoms. The molecular formula is C11H13NO4. The van der Waals surface area contributed by atoms with Crippen molar-refractivity contribution >= 4 is 17.6 Å². The van der Waals surface area contributed by atoms with Crippen molar-refractivity contribution in [3.63, 3.8) is 0 Å². The number of nitrogen functional groups attached to an aromatic ring is 1. The lowest BCUT2D eigenvalue weighted by Gasteiger charge is -2.11. The Hall–Kier alpha value is -2.04. The van der Waals surface area contributed by atoms with Gasteiger partial charge in [0.1, 0.15) is 0 Å². The first-order valence-electron chi connectivity index (χ1n) is 4.72. The highest BCUT2D eigenvalue weighted by molar-refractivity contribution is 5.93. The molecule has 0 aromatic heterocycles. The van der Waals surface area contributed by atoms with E-state index in [0.29, 0.717) is 11.3 Å². The van der Waals surface area contributed by atoms with Crippen LogP contribution < -0.4 is 5.73 Å². The van der Waals surface area contributed by atoms with E-state index in [-0.39, 0.29) is 5.56 Å². The fourth-order valence-corrected chi connectivity index (χ4v) is 1.15. The molecule has 1 atom stereocenters. The lowest BCUT2D eigenvalue weighted by molar-refractivity contribution is -0.146. The van der Waals surface area contributed by atoms with Crippen LogP contribution in [0.5, 0.6) is 0 Å². The third-order valence-corrected chi connectivity index (χ3v) is 2.23. The zero-order valence-corrected chi connectivity index (χ0v) is 9.06. The van der Waals surface area contributed by atoms with Crippen LogP contribution in [-0.2, 0) is 9.53 Å². The maximum Gasteiger partial charge on any atom is 0.344 e. The molecule has 0 heterocycles. The molecule has 0 amide bonds. The number of ether oxygens (including phenoxy) is 1. The first-order valence-corrected chi connectivity index (χ1v) is 4.72. The molecule has 1 rings (SSSR count). The lowest BCUT2D eigenvalue weighted by Crippen LogP contribution is -2.24. The Labute approximate surface area is 92.8 Å².